The van der Waals surface area contributed by atoms with Crippen molar-refractivity contribution in [2.75, 3.05) is 26.2 Å². The largest absolute Gasteiger partial charge is 0.351 e. The van der Waals surface area contributed by atoms with E-state index < -0.39 is 0 Å². The van der Waals surface area contributed by atoms with Gasteiger partial charge in [0, 0.05) is 23.5 Å². The van der Waals surface area contributed by atoms with Crippen LogP contribution in [0, 0.1) is 6.92 Å². The molecule has 0 spiro atoms. The van der Waals surface area contributed by atoms with Crippen molar-refractivity contribution >= 4 is 18.5 Å². The van der Waals surface area contributed by atoms with Gasteiger partial charge < -0.3 is 10.2 Å². The highest BCUT2D eigenvalue weighted by Gasteiger charge is 2.09. The first-order valence-electron chi connectivity index (χ1n) is 6.88. The molecule has 0 unspecified atom stereocenters. The number of hydrogen-bond acceptors (Lipinski definition) is 3. The van der Waals surface area contributed by atoms with Crippen LogP contribution in [0.5, 0.6) is 0 Å². The highest BCUT2D eigenvalue weighted by molar-refractivity contribution is 7.80. The molecule has 0 saturated carbocycles. The Morgan fingerprint density at radius 2 is 2.05 bits per heavy atom. The van der Waals surface area contributed by atoms with E-state index in [4.69, 9.17) is 0 Å². The van der Waals surface area contributed by atoms with Crippen molar-refractivity contribution in [2.24, 2.45) is 0 Å². The summed E-state index contributed by atoms with van der Waals surface area (Å²) in [6.45, 7) is 9.94. The number of thiol groups is 1. The zero-order valence-corrected chi connectivity index (χ0v) is 13.0. The van der Waals surface area contributed by atoms with Gasteiger partial charge in [0.05, 0.1) is 0 Å². The van der Waals surface area contributed by atoms with Gasteiger partial charge in [0.1, 0.15) is 0 Å². The van der Waals surface area contributed by atoms with Crippen LogP contribution in [0.25, 0.3) is 0 Å². The molecule has 0 atom stereocenters. The van der Waals surface area contributed by atoms with Gasteiger partial charge in [0.15, 0.2) is 0 Å². The van der Waals surface area contributed by atoms with Crippen molar-refractivity contribution in [3.05, 3.63) is 29.3 Å². The average Bonchev–Trinajstić information content (AvgIpc) is 2.40. The Kier molecular flexibility index (Phi) is 6.95. The normalized spacial score (nSPS) is 10.8. The van der Waals surface area contributed by atoms with Crippen LogP contribution in [0.3, 0.4) is 0 Å². The minimum Gasteiger partial charge on any atom is -0.351 e. The van der Waals surface area contributed by atoms with E-state index in [0.29, 0.717) is 12.1 Å². The summed E-state index contributed by atoms with van der Waals surface area (Å²) in [7, 11) is 0. The van der Waals surface area contributed by atoms with E-state index in [2.05, 4.69) is 36.7 Å². The number of likely N-dealkylation sites (N-methyl/N-ethyl adjacent to an activating group) is 1. The number of nitrogens with one attached hydrogen (secondary N) is 1. The second kappa shape index (κ2) is 8.23. The third-order valence-electron chi connectivity index (χ3n) is 3.17. The number of benzene rings is 1. The van der Waals surface area contributed by atoms with Crippen LogP contribution in [0.1, 0.15) is 36.2 Å². The Bertz CT molecular complexity index is 421. The number of hydrogen-bond donors (Lipinski definition) is 2. The van der Waals surface area contributed by atoms with Crippen LogP contribution >= 0.6 is 12.6 Å². The smallest absolute Gasteiger partial charge is 0.251 e. The maximum absolute atomic E-state index is 12.1. The molecule has 3 nitrogen and oxygen atoms in total. The summed E-state index contributed by atoms with van der Waals surface area (Å²) in [6.07, 6.45) is 1.14. The molecule has 0 bridgehead atoms. The molecule has 0 fully saturated rings. The molecule has 0 heterocycles. The van der Waals surface area contributed by atoms with Crippen LogP contribution in [0.4, 0.5) is 0 Å². The highest BCUT2D eigenvalue weighted by Crippen LogP contribution is 2.13. The van der Waals surface area contributed by atoms with E-state index in [-0.39, 0.29) is 5.91 Å². The Hall–Kier alpha value is -1.00. The summed E-state index contributed by atoms with van der Waals surface area (Å²) >= 11 is 4.27. The fourth-order valence-corrected chi connectivity index (χ4v) is 2.23. The molecule has 19 heavy (non-hydrogen) atoms. The van der Waals surface area contributed by atoms with Crippen LogP contribution in [0.2, 0.25) is 0 Å². The first-order valence-corrected chi connectivity index (χ1v) is 7.33. The lowest BCUT2D eigenvalue weighted by Gasteiger charge is -2.19. The molecule has 1 aromatic carbocycles. The fraction of sp³-hybridized carbons (Fsp3) is 0.533. The molecule has 1 amide bonds. The molecular weight excluding hydrogens is 256 g/mol. The van der Waals surface area contributed by atoms with Gasteiger partial charge in [0.2, 0.25) is 0 Å². The second-order valence-corrected chi connectivity index (χ2v) is 5.21. The second-order valence-electron chi connectivity index (χ2n) is 4.69. The Balaban J connectivity index is 2.49. The molecule has 4 heteroatoms. The number of aryl methyl sites for hydroxylation is 1. The molecule has 0 aromatic heterocycles. The van der Waals surface area contributed by atoms with Crippen LogP contribution in [0.15, 0.2) is 23.1 Å². The predicted molar refractivity (Wildman–Crippen MR) is 83.2 cm³/mol. The topological polar surface area (TPSA) is 32.3 Å². The lowest BCUT2D eigenvalue weighted by molar-refractivity contribution is 0.0948. The van der Waals surface area contributed by atoms with Gasteiger partial charge >= 0.3 is 0 Å². The molecule has 0 radical (unpaired) electrons. The summed E-state index contributed by atoms with van der Waals surface area (Å²) in [5.41, 5.74) is 1.70. The van der Waals surface area contributed by atoms with E-state index in [1.807, 2.05) is 25.1 Å². The van der Waals surface area contributed by atoms with Gasteiger partial charge in [-0.25, -0.2) is 0 Å². The summed E-state index contributed by atoms with van der Waals surface area (Å²) in [6, 6.07) is 5.64. The van der Waals surface area contributed by atoms with Crippen molar-refractivity contribution in [2.45, 2.75) is 32.1 Å². The highest BCUT2D eigenvalue weighted by atomic mass is 32.1. The van der Waals surface area contributed by atoms with Crippen LogP contribution < -0.4 is 5.32 Å². The van der Waals surface area contributed by atoms with Gasteiger partial charge in [-0.15, -0.1) is 12.6 Å². The molecule has 1 rings (SSSR count). The number of rotatable bonds is 7. The summed E-state index contributed by atoms with van der Waals surface area (Å²) < 4.78 is 0. The molecule has 0 saturated heterocycles. The summed E-state index contributed by atoms with van der Waals surface area (Å²) in [5.74, 6) is -0.0130. The SMILES string of the molecule is CCCN(CC)CCNC(=O)c1cc(S)ccc1C. The third kappa shape index (κ3) is 5.25. The Labute approximate surface area is 121 Å². The lowest BCUT2D eigenvalue weighted by atomic mass is 10.1. The lowest BCUT2D eigenvalue weighted by Crippen LogP contribution is -2.35. The van der Waals surface area contributed by atoms with Gasteiger partial charge in [-0.2, -0.15) is 0 Å². The molecule has 106 valence electrons. The van der Waals surface area contributed by atoms with Crippen molar-refractivity contribution in [3.8, 4) is 0 Å². The molecule has 0 aliphatic heterocycles. The third-order valence-corrected chi connectivity index (χ3v) is 3.44. The van der Waals surface area contributed by atoms with E-state index in [0.717, 1.165) is 36.5 Å². The Morgan fingerprint density at radius 3 is 2.68 bits per heavy atom. The van der Waals surface area contributed by atoms with E-state index >= 15 is 0 Å². The first-order chi connectivity index (χ1) is 9.08. The minimum atomic E-state index is -0.0130. The molecule has 1 N–H and O–H groups in total. The summed E-state index contributed by atoms with van der Waals surface area (Å²) in [4.78, 5) is 15.2. The minimum absolute atomic E-state index is 0.0130. The van der Waals surface area contributed by atoms with Crippen molar-refractivity contribution in [1.82, 2.24) is 10.2 Å². The quantitative estimate of drug-likeness (QED) is 0.753. The number of amides is 1. The first kappa shape index (κ1) is 16.1. The van der Waals surface area contributed by atoms with Crippen molar-refractivity contribution in [3.63, 3.8) is 0 Å². The van der Waals surface area contributed by atoms with Gasteiger partial charge in [-0.1, -0.05) is 19.9 Å². The maximum Gasteiger partial charge on any atom is 0.251 e. The van der Waals surface area contributed by atoms with Gasteiger partial charge in [0.25, 0.3) is 5.91 Å². The summed E-state index contributed by atoms with van der Waals surface area (Å²) in [5, 5.41) is 2.98. The standard InChI is InChI=1S/C15H24N2OS/c1-4-9-17(5-2)10-8-16-15(18)14-11-13(19)7-6-12(14)3/h6-7,11,19H,4-5,8-10H2,1-3H3,(H,16,18). The molecule has 1 aromatic rings. The predicted octanol–water partition coefficient (Wildman–Crippen LogP) is 2.75. The van der Waals surface area contributed by atoms with E-state index in [1.54, 1.807) is 0 Å². The zero-order valence-electron chi connectivity index (χ0n) is 12.1. The van der Waals surface area contributed by atoms with Gasteiger partial charge in [-0.05, 0) is 44.1 Å². The molecular formula is C15H24N2OS. The number of nitrogens with zero attached hydrogens (tertiary/aromatic N) is 1. The number of carbonyl (C=O) groups is 1. The Morgan fingerprint density at radius 1 is 1.32 bits per heavy atom. The monoisotopic (exact) mass is 280 g/mol. The van der Waals surface area contributed by atoms with Crippen molar-refractivity contribution in [1.29, 1.82) is 0 Å². The molecule has 0 aliphatic carbocycles. The van der Waals surface area contributed by atoms with E-state index in [9.17, 15) is 4.79 Å². The zero-order chi connectivity index (χ0) is 14.3. The van der Waals surface area contributed by atoms with Crippen molar-refractivity contribution < 1.29 is 4.79 Å². The molecule has 0 aliphatic rings. The van der Waals surface area contributed by atoms with Crippen LogP contribution in [-0.2, 0) is 0 Å². The average molecular weight is 280 g/mol. The van der Waals surface area contributed by atoms with Gasteiger partial charge in [-0.3, -0.25) is 4.79 Å². The van der Waals surface area contributed by atoms with Crippen LogP contribution in [-0.4, -0.2) is 37.0 Å². The van der Waals surface area contributed by atoms with E-state index in [1.165, 1.54) is 0 Å². The maximum atomic E-state index is 12.1. The number of carbonyl (C=O) groups excluding carboxylic acids is 1. The fourth-order valence-electron chi connectivity index (χ4n) is 2.02.